The third-order valence-electron chi connectivity index (χ3n) is 4.54. The molecule has 1 aliphatic rings. The maximum atomic E-state index is 13.8. The number of rotatable bonds is 3. The fraction of sp³-hybridized carbons (Fsp3) is 0.294. The molecule has 1 aliphatic heterocycles. The second kappa shape index (κ2) is 6.23. The summed E-state index contributed by atoms with van der Waals surface area (Å²) in [5, 5.41) is 0. The fourth-order valence-electron chi connectivity index (χ4n) is 3.29. The van der Waals surface area contributed by atoms with Crippen LogP contribution in [-0.2, 0) is 4.74 Å². The van der Waals surface area contributed by atoms with Crippen molar-refractivity contribution in [1.82, 2.24) is 29.5 Å². The number of nitrogens with zero attached hydrogens (tertiary/aromatic N) is 6. The fourth-order valence-corrected chi connectivity index (χ4v) is 3.29. The summed E-state index contributed by atoms with van der Waals surface area (Å²) in [5.41, 5.74) is 1.93. The zero-order chi connectivity index (χ0) is 18.4. The van der Waals surface area contributed by atoms with Crippen LogP contribution in [0.4, 0.5) is 14.7 Å². The molecule has 0 unspecified atom stereocenters. The molecule has 0 saturated carbocycles. The zero-order valence-electron chi connectivity index (χ0n) is 14.1. The number of para-hydroxylation sites is 2. The van der Waals surface area contributed by atoms with Crippen LogP contribution in [0.5, 0.6) is 0 Å². The molecule has 0 amide bonds. The molecule has 0 radical (unpaired) electrons. The van der Waals surface area contributed by atoms with Crippen LogP contribution in [0, 0.1) is 0 Å². The molecule has 1 saturated heterocycles. The predicted octanol–water partition coefficient (Wildman–Crippen LogP) is 2.47. The average Bonchev–Trinajstić information content (AvgIpc) is 3.32. The summed E-state index contributed by atoms with van der Waals surface area (Å²) in [6.07, 6.45) is -1.27. The lowest BCUT2D eigenvalue weighted by molar-refractivity contribution is 0.122. The summed E-state index contributed by atoms with van der Waals surface area (Å²) in [5.74, 6) is 0.382. The molecule has 0 bridgehead atoms. The molecule has 1 aromatic carbocycles. The molecule has 1 fully saturated rings. The molecule has 4 heterocycles. The van der Waals surface area contributed by atoms with Gasteiger partial charge in [0.2, 0.25) is 5.95 Å². The van der Waals surface area contributed by atoms with Gasteiger partial charge in [0.25, 0.3) is 6.43 Å². The Morgan fingerprint density at radius 2 is 1.89 bits per heavy atom. The number of nitrogens with one attached hydrogen (secondary N) is 1. The summed E-state index contributed by atoms with van der Waals surface area (Å²) < 4.78 is 34.3. The number of morpholine rings is 1. The molecule has 10 heteroatoms. The van der Waals surface area contributed by atoms with Gasteiger partial charge >= 0.3 is 0 Å². The normalized spacial score (nSPS) is 15.3. The number of fused-ring (bicyclic) bond motifs is 2. The van der Waals surface area contributed by atoms with Crippen LogP contribution >= 0.6 is 0 Å². The van der Waals surface area contributed by atoms with Gasteiger partial charge in [0, 0.05) is 13.1 Å². The summed E-state index contributed by atoms with van der Waals surface area (Å²) in [7, 11) is 0. The topological polar surface area (TPSA) is 84.8 Å². The Bertz CT molecular complexity index is 1120. The van der Waals surface area contributed by atoms with Crippen molar-refractivity contribution in [3.8, 4) is 5.82 Å². The Hall–Kier alpha value is -3.14. The van der Waals surface area contributed by atoms with Crippen LogP contribution in [0.1, 0.15) is 12.2 Å². The molecule has 138 valence electrons. The summed E-state index contributed by atoms with van der Waals surface area (Å²) in [6.45, 7) is 2.38. The Morgan fingerprint density at radius 3 is 2.70 bits per heavy atom. The lowest BCUT2D eigenvalue weighted by Gasteiger charge is -2.27. The number of anilines is 1. The molecule has 27 heavy (non-hydrogen) atoms. The molecular formula is C17H15F2N7O. The Kier molecular flexibility index (Phi) is 3.71. The van der Waals surface area contributed by atoms with E-state index < -0.39 is 6.43 Å². The second-order valence-corrected chi connectivity index (χ2v) is 6.14. The molecule has 0 atom stereocenters. The lowest BCUT2D eigenvalue weighted by atomic mass is 10.3. The first-order valence-electron chi connectivity index (χ1n) is 8.52. The Balaban J connectivity index is 1.79. The molecule has 3 aromatic heterocycles. The second-order valence-electron chi connectivity index (χ2n) is 6.14. The van der Waals surface area contributed by atoms with E-state index in [4.69, 9.17) is 4.74 Å². The number of hydrogen-bond donors (Lipinski definition) is 1. The highest BCUT2D eigenvalue weighted by Crippen LogP contribution is 2.30. The van der Waals surface area contributed by atoms with Crippen molar-refractivity contribution < 1.29 is 13.5 Å². The zero-order valence-corrected chi connectivity index (χ0v) is 14.1. The minimum atomic E-state index is -2.75. The maximum absolute atomic E-state index is 13.8. The van der Waals surface area contributed by atoms with Gasteiger partial charge in [-0.05, 0) is 12.1 Å². The Morgan fingerprint density at radius 1 is 1.07 bits per heavy atom. The Labute approximate surface area is 151 Å². The van der Waals surface area contributed by atoms with Crippen LogP contribution in [0.3, 0.4) is 0 Å². The van der Waals surface area contributed by atoms with Crippen LogP contribution in [-0.4, -0.2) is 55.8 Å². The maximum Gasteiger partial charge on any atom is 0.296 e. The van der Waals surface area contributed by atoms with Crippen molar-refractivity contribution >= 4 is 28.1 Å². The van der Waals surface area contributed by atoms with Crippen molar-refractivity contribution in [2.75, 3.05) is 31.2 Å². The highest BCUT2D eigenvalue weighted by atomic mass is 19.3. The third kappa shape index (κ3) is 2.60. The standard InChI is InChI=1S/C17H15F2N7O/c18-13(19)16-22-10-3-1-2-4-11(10)26(16)15-12-14(21-9-20-12)23-17(24-15)25-5-7-27-8-6-25/h1-4,9,13H,5-8H2,(H,20,21,23,24). The van der Waals surface area contributed by atoms with Crippen molar-refractivity contribution in [1.29, 1.82) is 0 Å². The number of hydrogen-bond acceptors (Lipinski definition) is 6. The number of ether oxygens (including phenoxy) is 1. The minimum absolute atomic E-state index is 0.308. The van der Waals surface area contributed by atoms with Gasteiger partial charge in [-0.25, -0.2) is 18.7 Å². The minimum Gasteiger partial charge on any atom is -0.378 e. The molecule has 5 rings (SSSR count). The highest BCUT2D eigenvalue weighted by Gasteiger charge is 2.25. The number of aromatic amines is 1. The number of alkyl halides is 2. The molecular weight excluding hydrogens is 356 g/mol. The summed E-state index contributed by atoms with van der Waals surface area (Å²) in [6, 6.07) is 6.99. The summed E-state index contributed by atoms with van der Waals surface area (Å²) >= 11 is 0. The highest BCUT2D eigenvalue weighted by molar-refractivity contribution is 5.85. The predicted molar refractivity (Wildman–Crippen MR) is 94.3 cm³/mol. The van der Waals surface area contributed by atoms with E-state index in [0.29, 0.717) is 60.3 Å². The van der Waals surface area contributed by atoms with E-state index in [2.05, 4.69) is 24.9 Å². The van der Waals surface area contributed by atoms with E-state index in [1.54, 1.807) is 24.3 Å². The molecule has 4 aromatic rings. The lowest BCUT2D eigenvalue weighted by Crippen LogP contribution is -2.37. The first kappa shape index (κ1) is 16.1. The van der Waals surface area contributed by atoms with Crippen molar-refractivity contribution in [2.24, 2.45) is 0 Å². The molecule has 0 aliphatic carbocycles. The van der Waals surface area contributed by atoms with Gasteiger partial charge in [-0.1, -0.05) is 12.1 Å². The number of H-pyrrole nitrogens is 1. The van der Waals surface area contributed by atoms with E-state index in [1.807, 2.05) is 4.90 Å². The van der Waals surface area contributed by atoms with E-state index in [9.17, 15) is 8.78 Å². The van der Waals surface area contributed by atoms with Crippen LogP contribution in [0.2, 0.25) is 0 Å². The number of benzene rings is 1. The number of imidazole rings is 2. The van der Waals surface area contributed by atoms with E-state index in [-0.39, 0.29) is 5.82 Å². The largest absolute Gasteiger partial charge is 0.378 e. The smallest absolute Gasteiger partial charge is 0.296 e. The molecule has 1 N–H and O–H groups in total. The monoisotopic (exact) mass is 371 g/mol. The van der Waals surface area contributed by atoms with Gasteiger partial charge < -0.3 is 14.6 Å². The number of halogens is 2. The van der Waals surface area contributed by atoms with Gasteiger partial charge in [-0.2, -0.15) is 9.97 Å². The van der Waals surface area contributed by atoms with Gasteiger partial charge in [0.15, 0.2) is 17.3 Å². The van der Waals surface area contributed by atoms with E-state index >= 15 is 0 Å². The van der Waals surface area contributed by atoms with Crippen molar-refractivity contribution in [2.45, 2.75) is 6.43 Å². The molecule has 0 spiro atoms. The van der Waals surface area contributed by atoms with Crippen LogP contribution in [0.15, 0.2) is 30.6 Å². The third-order valence-corrected chi connectivity index (χ3v) is 4.54. The van der Waals surface area contributed by atoms with E-state index in [0.717, 1.165) is 0 Å². The van der Waals surface area contributed by atoms with Crippen LogP contribution < -0.4 is 4.90 Å². The van der Waals surface area contributed by atoms with Gasteiger partial charge in [-0.3, -0.25) is 4.57 Å². The van der Waals surface area contributed by atoms with Gasteiger partial charge in [-0.15, -0.1) is 0 Å². The van der Waals surface area contributed by atoms with Crippen molar-refractivity contribution in [3.05, 3.63) is 36.4 Å². The van der Waals surface area contributed by atoms with Crippen molar-refractivity contribution in [3.63, 3.8) is 0 Å². The van der Waals surface area contributed by atoms with Gasteiger partial charge in [0.05, 0.1) is 30.6 Å². The first-order chi connectivity index (χ1) is 13.2. The quantitative estimate of drug-likeness (QED) is 0.596. The summed E-state index contributed by atoms with van der Waals surface area (Å²) in [4.78, 5) is 22.3. The average molecular weight is 371 g/mol. The first-order valence-corrected chi connectivity index (χ1v) is 8.52. The van der Waals surface area contributed by atoms with E-state index in [1.165, 1.54) is 10.9 Å². The van der Waals surface area contributed by atoms with Gasteiger partial charge in [0.1, 0.15) is 5.52 Å². The SMILES string of the molecule is FC(F)c1nc2ccccc2n1-c1nc(N2CCOCC2)nc2nc[nH]c12. The number of aromatic nitrogens is 6. The van der Waals surface area contributed by atoms with Crippen LogP contribution in [0.25, 0.3) is 28.0 Å². The molecule has 8 nitrogen and oxygen atoms in total.